The van der Waals surface area contributed by atoms with Gasteiger partial charge in [0.15, 0.2) is 0 Å². The highest BCUT2D eigenvalue weighted by Gasteiger charge is 2.57. The van der Waals surface area contributed by atoms with Crippen LogP contribution in [-0.2, 0) is 10.2 Å². The Labute approximate surface area is 158 Å². The van der Waals surface area contributed by atoms with Crippen molar-refractivity contribution in [1.82, 2.24) is 0 Å². The Kier molecular flexibility index (Phi) is 3.60. The van der Waals surface area contributed by atoms with E-state index in [1.165, 1.54) is 6.92 Å². The Morgan fingerprint density at radius 3 is 2.69 bits per heavy atom. The van der Waals surface area contributed by atoms with Gasteiger partial charge in [-0.05, 0) is 61.9 Å². The van der Waals surface area contributed by atoms with Crippen LogP contribution >= 0.6 is 11.6 Å². The second kappa shape index (κ2) is 5.52. The second-order valence-electron chi connectivity index (χ2n) is 7.27. The number of benzene rings is 2. The summed E-state index contributed by atoms with van der Waals surface area (Å²) in [5, 5.41) is 0.708. The highest BCUT2D eigenvalue weighted by molar-refractivity contribution is 6.30. The lowest BCUT2D eigenvalue weighted by molar-refractivity contribution is -0.131. The standard InChI is InChI=1S/C21H20ClNO3/c1-13(24)25-16-7-5-14-9-10-21(26-19(14)12-16)20(2,3)17-11-15(22)6-8-18(17)23(21)4/h5-12H,1-4H3. The molecule has 0 bridgehead atoms. The average Bonchev–Trinajstić information content (AvgIpc) is 2.73. The van der Waals surface area contributed by atoms with Crippen LogP contribution in [0.5, 0.6) is 11.5 Å². The summed E-state index contributed by atoms with van der Waals surface area (Å²) in [6.07, 6.45) is 4.15. The summed E-state index contributed by atoms with van der Waals surface area (Å²) < 4.78 is 11.8. The summed E-state index contributed by atoms with van der Waals surface area (Å²) in [6.45, 7) is 5.68. The van der Waals surface area contributed by atoms with Crippen molar-refractivity contribution < 1.29 is 14.3 Å². The van der Waals surface area contributed by atoms with E-state index in [0.717, 1.165) is 16.8 Å². The first-order chi connectivity index (χ1) is 12.2. The fourth-order valence-electron chi connectivity index (χ4n) is 3.98. The molecule has 5 heteroatoms. The zero-order valence-corrected chi connectivity index (χ0v) is 15.9. The molecule has 1 unspecified atom stereocenters. The van der Waals surface area contributed by atoms with E-state index in [2.05, 4.69) is 30.9 Å². The largest absolute Gasteiger partial charge is 0.463 e. The first kappa shape index (κ1) is 17.0. The van der Waals surface area contributed by atoms with Gasteiger partial charge in [-0.25, -0.2) is 0 Å². The first-order valence-corrected chi connectivity index (χ1v) is 8.87. The molecule has 2 aliphatic heterocycles. The first-order valence-electron chi connectivity index (χ1n) is 8.49. The molecule has 2 aromatic rings. The number of esters is 1. The number of fused-ring (bicyclic) bond motifs is 2. The molecule has 0 N–H and O–H groups in total. The second-order valence-corrected chi connectivity index (χ2v) is 7.71. The molecule has 26 heavy (non-hydrogen) atoms. The van der Waals surface area contributed by atoms with Crippen LogP contribution < -0.4 is 14.4 Å². The van der Waals surface area contributed by atoms with Crippen molar-refractivity contribution in [1.29, 1.82) is 0 Å². The number of ether oxygens (including phenoxy) is 2. The minimum atomic E-state index is -0.693. The average molecular weight is 370 g/mol. The van der Waals surface area contributed by atoms with Crippen LogP contribution in [-0.4, -0.2) is 18.7 Å². The number of hydrogen-bond donors (Lipinski definition) is 0. The van der Waals surface area contributed by atoms with Crippen molar-refractivity contribution in [3.63, 3.8) is 0 Å². The van der Waals surface area contributed by atoms with Gasteiger partial charge in [0, 0.05) is 36.3 Å². The van der Waals surface area contributed by atoms with Gasteiger partial charge in [-0.3, -0.25) is 4.79 Å². The van der Waals surface area contributed by atoms with E-state index in [1.54, 1.807) is 12.1 Å². The summed E-state index contributed by atoms with van der Waals surface area (Å²) in [5.41, 5.74) is 2.14. The quantitative estimate of drug-likeness (QED) is 0.535. The molecule has 0 aliphatic carbocycles. The molecule has 0 aromatic heterocycles. The van der Waals surface area contributed by atoms with Crippen molar-refractivity contribution in [2.24, 2.45) is 0 Å². The summed E-state index contributed by atoms with van der Waals surface area (Å²) in [4.78, 5) is 13.4. The van der Waals surface area contributed by atoms with Crippen LogP contribution in [0.3, 0.4) is 0 Å². The number of hydrogen-bond acceptors (Lipinski definition) is 4. The molecule has 0 amide bonds. The number of carbonyl (C=O) groups is 1. The summed E-state index contributed by atoms with van der Waals surface area (Å²) in [6, 6.07) is 11.3. The molecule has 0 saturated heterocycles. The van der Waals surface area contributed by atoms with Gasteiger partial charge in [0.05, 0.1) is 5.41 Å². The molecule has 0 radical (unpaired) electrons. The highest BCUT2D eigenvalue weighted by atomic mass is 35.5. The lowest BCUT2D eigenvalue weighted by Gasteiger charge is -2.45. The van der Waals surface area contributed by atoms with Gasteiger partial charge < -0.3 is 14.4 Å². The third-order valence-electron chi connectivity index (χ3n) is 5.39. The van der Waals surface area contributed by atoms with E-state index in [0.29, 0.717) is 16.5 Å². The normalized spacial score (nSPS) is 22.0. The lowest BCUT2D eigenvalue weighted by Crippen LogP contribution is -2.58. The van der Waals surface area contributed by atoms with E-state index in [-0.39, 0.29) is 11.4 Å². The summed E-state index contributed by atoms with van der Waals surface area (Å²) >= 11 is 6.25. The van der Waals surface area contributed by atoms with Crippen molar-refractivity contribution in [2.45, 2.75) is 31.9 Å². The number of rotatable bonds is 1. The van der Waals surface area contributed by atoms with Gasteiger partial charge in [0.1, 0.15) is 11.5 Å². The smallest absolute Gasteiger partial charge is 0.308 e. The van der Waals surface area contributed by atoms with Crippen LogP contribution in [0.15, 0.2) is 42.5 Å². The Hall–Kier alpha value is -2.46. The molecular weight excluding hydrogens is 350 g/mol. The van der Waals surface area contributed by atoms with E-state index >= 15 is 0 Å². The highest BCUT2D eigenvalue weighted by Crippen LogP contribution is 2.54. The van der Waals surface area contributed by atoms with E-state index < -0.39 is 5.72 Å². The Balaban J connectivity index is 1.81. The molecule has 134 valence electrons. The molecular formula is C21H20ClNO3. The number of halogens is 1. The molecule has 0 fully saturated rings. The SMILES string of the molecule is CC(=O)Oc1ccc2c(c1)OC1(C=C2)N(C)c2ccc(Cl)cc2C1(C)C. The Morgan fingerprint density at radius 1 is 1.19 bits per heavy atom. The number of carbonyl (C=O) groups excluding carboxylic acids is 1. The topological polar surface area (TPSA) is 38.8 Å². The molecule has 2 aliphatic rings. The molecule has 4 rings (SSSR count). The predicted molar refractivity (Wildman–Crippen MR) is 103 cm³/mol. The number of likely N-dealkylation sites (N-methyl/N-ethyl adjacent to an activating group) is 1. The van der Waals surface area contributed by atoms with Crippen LogP contribution in [0.25, 0.3) is 6.08 Å². The molecule has 1 atom stereocenters. The van der Waals surface area contributed by atoms with Gasteiger partial charge in [-0.1, -0.05) is 11.6 Å². The zero-order valence-electron chi connectivity index (χ0n) is 15.2. The lowest BCUT2D eigenvalue weighted by atomic mass is 9.76. The van der Waals surface area contributed by atoms with Crippen LogP contribution in [0.2, 0.25) is 5.02 Å². The number of nitrogens with zero attached hydrogens (tertiary/aromatic N) is 1. The van der Waals surface area contributed by atoms with Gasteiger partial charge >= 0.3 is 5.97 Å². The van der Waals surface area contributed by atoms with Crippen LogP contribution in [0.4, 0.5) is 5.69 Å². The van der Waals surface area contributed by atoms with E-state index in [1.807, 2.05) is 31.3 Å². The molecule has 4 nitrogen and oxygen atoms in total. The monoisotopic (exact) mass is 369 g/mol. The molecule has 2 aromatic carbocycles. The maximum Gasteiger partial charge on any atom is 0.308 e. The van der Waals surface area contributed by atoms with E-state index in [4.69, 9.17) is 21.1 Å². The summed E-state index contributed by atoms with van der Waals surface area (Å²) in [5.74, 6) is 0.803. The maximum absolute atomic E-state index is 11.3. The third-order valence-corrected chi connectivity index (χ3v) is 5.62. The Morgan fingerprint density at radius 2 is 1.96 bits per heavy atom. The van der Waals surface area contributed by atoms with Crippen LogP contribution in [0.1, 0.15) is 31.9 Å². The number of anilines is 1. The molecule has 1 spiro atoms. The Bertz CT molecular complexity index is 950. The minimum Gasteiger partial charge on any atom is -0.463 e. The van der Waals surface area contributed by atoms with Gasteiger partial charge in [0.25, 0.3) is 0 Å². The maximum atomic E-state index is 11.3. The van der Waals surface area contributed by atoms with E-state index in [9.17, 15) is 4.79 Å². The molecule has 2 heterocycles. The van der Waals surface area contributed by atoms with Crippen molar-refractivity contribution in [3.8, 4) is 11.5 Å². The minimum absolute atomic E-state index is 0.340. The van der Waals surface area contributed by atoms with Gasteiger partial charge in [-0.15, -0.1) is 0 Å². The molecule has 0 saturated carbocycles. The van der Waals surface area contributed by atoms with Crippen LogP contribution in [0, 0.1) is 0 Å². The van der Waals surface area contributed by atoms with Gasteiger partial charge in [-0.2, -0.15) is 0 Å². The predicted octanol–water partition coefficient (Wildman–Crippen LogP) is 4.79. The fourth-order valence-corrected chi connectivity index (χ4v) is 4.16. The third kappa shape index (κ3) is 2.25. The fraction of sp³-hybridized carbons (Fsp3) is 0.286. The van der Waals surface area contributed by atoms with Crippen molar-refractivity contribution in [3.05, 3.63) is 58.6 Å². The van der Waals surface area contributed by atoms with Crippen molar-refractivity contribution >= 4 is 29.3 Å². The van der Waals surface area contributed by atoms with Crippen molar-refractivity contribution in [2.75, 3.05) is 11.9 Å². The summed E-state index contributed by atoms with van der Waals surface area (Å²) in [7, 11) is 2.02. The van der Waals surface area contributed by atoms with Gasteiger partial charge in [0.2, 0.25) is 5.72 Å². The zero-order chi connectivity index (χ0) is 18.7.